The van der Waals surface area contributed by atoms with E-state index in [9.17, 15) is 0 Å². The van der Waals surface area contributed by atoms with Gasteiger partial charge in [0.25, 0.3) is 0 Å². The Hall–Kier alpha value is -2.26. The second-order valence-corrected chi connectivity index (χ2v) is 6.21. The molecule has 1 saturated heterocycles. The molecule has 3 aromatic rings. The number of benzene rings is 2. The van der Waals surface area contributed by atoms with Crippen LogP contribution in [0.1, 0.15) is 0 Å². The van der Waals surface area contributed by atoms with Crippen LogP contribution in [0.25, 0.3) is 10.9 Å². The molecule has 0 saturated carbocycles. The molecular weight excluding hydrogens is 306 g/mol. The number of fused-ring (bicyclic) bond motifs is 1. The second-order valence-electron chi connectivity index (χ2n) is 5.82. The Kier molecular flexibility index (Phi) is 3.80. The van der Waals surface area contributed by atoms with Crippen molar-refractivity contribution in [1.29, 1.82) is 0 Å². The number of hydrogen-bond donors (Lipinski definition) is 0. The molecule has 0 atom stereocenters. The number of rotatable bonds is 2. The minimum Gasteiger partial charge on any atom is -0.368 e. The standard InChI is InChI=1S/C19H18ClN3/c20-19-9-6-15-14-17(7-8-18(15)21-19)23-12-10-22(11-13-23)16-4-2-1-3-5-16/h1-9,14H,10-13H2. The zero-order chi connectivity index (χ0) is 15.6. The molecule has 2 heterocycles. The van der Waals surface area contributed by atoms with Crippen molar-refractivity contribution in [3.8, 4) is 0 Å². The molecule has 2 aromatic carbocycles. The van der Waals surface area contributed by atoms with Crippen LogP contribution in [0.15, 0.2) is 60.7 Å². The van der Waals surface area contributed by atoms with Crippen LogP contribution in [0.3, 0.4) is 0 Å². The molecule has 1 fully saturated rings. The number of nitrogens with zero attached hydrogens (tertiary/aromatic N) is 3. The summed E-state index contributed by atoms with van der Waals surface area (Å²) < 4.78 is 0. The van der Waals surface area contributed by atoms with E-state index in [1.165, 1.54) is 11.4 Å². The Balaban J connectivity index is 1.51. The van der Waals surface area contributed by atoms with Crippen molar-refractivity contribution in [3.05, 3.63) is 65.8 Å². The molecular formula is C19H18ClN3. The number of hydrogen-bond acceptors (Lipinski definition) is 3. The van der Waals surface area contributed by atoms with E-state index in [0.29, 0.717) is 5.15 Å². The van der Waals surface area contributed by atoms with Crippen LogP contribution >= 0.6 is 11.6 Å². The highest BCUT2D eigenvalue weighted by atomic mass is 35.5. The monoisotopic (exact) mass is 323 g/mol. The molecule has 0 unspecified atom stereocenters. The van der Waals surface area contributed by atoms with Crippen molar-refractivity contribution >= 4 is 33.9 Å². The van der Waals surface area contributed by atoms with Crippen molar-refractivity contribution in [2.75, 3.05) is 36.0 Å². The summed E-state index contributed by atoms with van der Waals surface area (Å²) in [6.45, 7) is 4.14. The maximum absolute atomic E-state index is 5.95. The van der Waals surface area contributed by atoms with E-state index in [2.05, 4.69) is 63.3 Å². The highest BCUT2D eigenvalue weighted by Gasteiger charge is 2.17. The fraction of sp³-hybridized carbons (Fsp3) is 0.211. The molecule has 0 N–H and O–H groups in total. The second kappa shape index (κ2) is 6.09. The Bertz CT molecular complexity index is 811. The van der Waals surface area contributed by atoms with Crippen molar-refractivity contribution < 1.29 is 0 Å². The van der Waals surface area contributed by atoms with Crippen molar-refractivity contribution in [1.82, 2.24) is 4.98 Å². The van der Waals surface area contributed by atoms with E-state index in [-0.39, 0.29) is 0 Å². The number of halogens is 1. The van der Waals surface area contributed by atoms with Crippen LogP contribution in [0, 0.1) is 0 Å². The third-order valence-electron chi connectivity index (χ3n) is 4.40. The molecule has 4 heteroatoms. The van der Waals surface area contributed by atoms with E-state index in [0.717, 1.165) is 37.1 Å². The summed E-state index contributed by atoms with van der Waals surface area (Å²) >= 11 is 5.95. The van der Waals surface area contributed by atoms with Gasteiger partial charge in [-0.25, -0.2) is 4.98 Å². The summed E-state index contributed by atoms with van der Waals surface area (Å²) in [5.74, 6) is 0. The van der Waals surface area contributed by atoms with Gasteiger partial charge < -0.3 is 9.80 Å². The summed E-state index contributed by atoms with van der Waals surface area (Å²) in [5.41, 5.74) is 3.52. The van der Waals surface area contributed by atoms with Gasteiger partial charge in [0.2, 0.25) is 0 Å². The molecule has 0 bridgehead atoms. The van der Waals surface area contributed by atoms with Gasteiger partial charge in [-0.05, 0) is 42.5 Å². The van der Waals surface area contributed by atoms with Gasteiger partial charge in [-0.15, -0.1) is 0 Å². The number of para-hydroxylation sites is 1. The molecule has 1 aliphatic heterocycles. The van der Waals surface area contributed by atoms with Gasteiger partial charge in [-0.3, -0.25) is 0 Å². The summed E-state index contributed by atoms with van der Waals surface area (Å²) in [4.78, 5) is 9.23. The van der Waals surface area contributed by atoms with E-state index in [1.54, 1.807) is 0 Å². The van der Waals surface area contributed by atoms with Gasteiger partial charge in [0.05, 0.1) is 5.52 Å². The summed E-state index contributed by atoms with van der Waals surface area (Å²) in [5, 5.41) is 1.68. The maximum Gasteiger partial charge on any atom is 0.129 e. The van der Waals surface area contributed by atoms with Crippen LogP contribution < -0.4 is 9.80 Å². The number of aromatic nitrogens is 1. The fourth-order valence-corrected chi connectivity index (χ4v) is 3.30. The van der Waals surface area contributed by atoms with E-state index >= 15 is 0 Å². The Morgan fingerprint density at radius 2 is 1.43 bits per heavy atom. The van der Waals surface area contributed by atoms with Gasteiger partial charge in [-0.2, -0.15) is 0 Å². The summed E-state index contributed by atoms with van der Waals surface area (Å²) in [7, 11) is 0. The molecule has 23 heavy (non-hydrogen) atoms. The first-order chi connectivity index (χ1) is 11.3. The predicted molar refractivity (Wildman–Crippen MR) is 97.6 cm³/mol. The fourth-order valence-electron chi connectivity index (χ4n) is 3.15. The molecule has 0 radical (unpaired) electrons. The first kappa shape index (κ1) is 14.3. The smallest absolute Gasteiger partial charge is 0.129 e. The van der Waals surface area contributed by atoms with E-state index < -0.39 is 0 Å². The normalized spacial score (nSPS) is 15.2. The zero-order valence-corrected chi connectivity index (χ0v) is 13.6. The van der Waals surface area contributed by atoms with Gasteiger partial charge in [0, 0.05) is 42.9 Å². The largest absolute Gasteiger partial charge is 0.368 e. The molecule has 0 aliphatic carbocycles. The number of anilines is 2. The van der Waals surface area contributed by atoms with Gasteiger partial charge in [-0.1, -0.05) is 29.8 Å². The van der Waals surface area contributed by atoms with E-state index in [4.69, 9.17) is 11.6 Å². The molecule has 1 aromatic heterocycles. The Morgan fingerprint density at radius 1 is 0.739 bits per heavy atom. The first-order valence-corrected chi connectivity index (χ1v) is 8.29. The average molecular weight is 324 g/mol. The molecule has 1 aliphatic rings. The molecule has 3 nitrogen and oxygen atoms in total. The number of piperazine rings is 1. The highest BCUT2D eigenvalue weighted by Crippen LogP contribution is 2.24. The van der Waals surface area contributed by atoms with Crippen LogP contribution in [0.2, 0.25) is 5.15 Å². The van der Waals surface area contributed by atoms with Crippen LogP contribution in [-0.2, 0) is 0 Å². The third-order valence-corrected chi connectivity index (χ3v) is 4.62. The van der Waals surface area contributed by atoms with Crippen molar-refractivity contribution in [3.63, 3.8) is 0 Å². The summed E-state index contributed by atoms with van der Waals surface area (Å²) in [6.07, 6.45) is 0. The lowest BCUT2D eigenvalue weighted by Gasteiger charge is -2.37. The van der Waals surface area contributed by atoms with Crippen LogP contribution in [0.4, 0.5) is 11.4 Å². The van der Waals surface area contributed by atoms with Gasteiger partial charge in [0.15, 0.2) is 0 Å². The van der Waals surface area contributed by atoms with Gasteiger partial charge in [0.1, 0.15) is 5.15 Å². The quantitative estimate of drug-likeness (QED) is 0.658. The molecule has 0 spiro atoms. The number of pyridine rings is 1. The Morgan fingerprint density at radius 3 is 2.17 bits per heavy atom. The van der Waals surface area contributed by atoms with Gasteiger partial charge >= 0.3 is 0 Å². The maximum atomic E-state index is 5.95. The topological polar surface area (TPSA) is 19.4 Å². The molecule has 4 rings (SSSR count). The first-order valence-electron chi connectivity index (χ1n) is 7.91. The summed E-state index contributed by atoms with van der Waals surface area (Å²) in [6, 6.07) is 20.9. The minimum atomic E-state index is 0.543. The molecule has 0 amide bonds. The van der Waals surface area contributed by atoms with E-state index in [1.807, 2.05) is 12.1 Å². The van der Waals surface area contributed by atoms with Crippen LogP contribution in [-0.4, -0.2) is 31.2 Å². The molecule has 116 valence electrons. The Labute approximate surface area is 141 Å². The highest BCUT2D eigenvalue weighted by molar-refractivity contribution is 6.29. The minimum absolute atomic E-state index is 0.543. The lowest BCUT2D eigenvalue weighted by Crippen LogP contribution is -2.46. The SMILES string of the molecule is Clc1ccc2cc(N3CCN(c4ccccc4)CC3)ccc2n1. The van der Waals surface area contributed by atoms with Crippen LogP contribution in [0.5, 0.6) is 0 Å². The predicted octanol–water partition coefficient (Wildman–Crippen LogP) is 4.21. The lowest BCUT2D eigenvalue weighted by molar-refractivity contribution is 0.654. The lowest BCUT2D eigenvalue weighted by atomic mass is 10.1. The third kappa shape index (κ3) is 2.97. The van der Waals surface area contributed by atoms with Crippen molar-refractivity contribution in [2.45, 2.75) is 0 Å². The zero-order valence-electron chi connectivity index (χ0n) is 12.8. The average Bonchev–Trinajstić information content (AvgIpc) is 2.62. The van der Waals surface area contributed by atoms with Crippen molar-refractivity contribution in [2.24, 2.45) is 0 Å².